The van der Waals surface area contributed by atoms with Gasteiger partial charge in [-0.15, -0.1) is 0 Å². The zero-order valence-electron chi connectivity index (χ0n) is 10.6. The fraction of sp³-hybridized carbons (Fsp3) is 0.200. The summed E-state index contributed by atoms with van der Waals surface area (Å²) >= 11 is 6.13. The molecule has 96 valence electrons. The van der Waals surface area contributed by atoms with Gasteiger partial charge in [0.05, 0.1) is 11.6 Å². The normalized spacial score (nSPS) is 11.8. The van der Waals surface area contributed by atoms with E-state index in [2.05, 4.69) is 23.3 Å². The van der Waals surface area contributed by atoms with Crippen LogP contribution in [0.3, 0.4) is 0 Å². The third kappa shape index (κ3) is 3.54. The minimum absolute atomic E-state index is 0.195. The van der Waals surface area contributed by atoms with Gasteiger partial charge in [-0.3, -0.25) is 4.98 Å². The third-order valence-corrected chi connectivity index (χ3v) is 3.32. The molecular formula is C15H14ClN3. The van der Waals surface area contributed by atoms with Crippen LogP contribution in [0, 0.1) is 11.3 Å². The molecule has 0 amide bonds. The predicted octanol–water partition coefficient (Wildman–Crippen LogP) is 3.46. The van der Waals surface area contributed by atoms with E-state index in [0.717, 1.165) is 11.1 Å². The lowest BCUT2D eigenvalue weighted by Gasteiger charge is -2.14. The predicted molar refractivity (Wildman–Crippen MR) is 75.7 cm³/mol. The Bertz CT molecular complexity index is 590. The van der Waals surface area contributed by atoms with Crippen LogP contribution in [0.1, 0.15) is 29.7 Å². The number of nitriles is 1. The molecule has 1 heterocycles. The van der Waals surface area contributed by atoms with Crippen molar-refractivity contribution < 1.29 is 0 Å². The maximum Gasteiger partial charge on any atom is 0.0992 e. The zero-order chi connectivity index (χ0) is 13.7. The number of rotatable bonds is 4. The van der Waals surface area contributed by atoms with Crippen molar-refractivity contribution in [2.24, 2.45) is 0 Å². The molecule has 0 aliphatic rings. The molecule has 0 saturated heterocycles. The molecule has 3 nitrogen and oxygen atoms in total. The minimum atomic E-state index is 0.195. The van der Waals surface area contributed by atoms with E-state index in [1.165, 1.54) is 0 Å². The van der Waals surface area contributed by atoms with Crippen molar-refractivity contribution in [3.05, 3.63) is 64.4 Å². The molecule has 19 heavy (non-hydrogen) atoms. The van der Waals surface area contributed by atoms with Crippen molar-refractivity contribution in [3.8, 4) is 6.07 Å². The third-order valence-electron chi connectivity index (χ3n) is 2.97. The van der Waals surface area contributed by atoms with Gasteiger partial charge in [0, 0.05) is 30.0 Å². The maximum atomic E-state index is 8.79. The SMILES string of the molecule is CC(NCc1ccc(C#N)cc1Cl)c1cccnc1. The highest BCUT2D eigenvalue weighted by Crippen LogP contribution is 2.19. The average Bonchev–Trinajstić information content (AvgIpc) is 2.46. The first-order valence-corrected chi connectivity index (χ1v) is 6.40. The summed E-state index contributed by atoms with van der Waals surface area (Å²) in [5.74, 6) is 0. The molecule has 1 N–H and O–H groups in total. The number of aromatic nitrogens is 1. The second-order valence-corrected chi connectivity index (χ2v) is 4.71. The van der Waals surface area contributed by atoms with E-state index in [9.17, 15) is 0 Å². The number of nitrogens with one attached hydrogen (secondary N) is 1. The van der Waals surface area contributed by atoms with E-state index >= 15 is 0 Å². The van der Waals surface area contributed by atoms with E-state index < -0.39 is 0 Å². The molecule has 1 aromatic heterocycles. The lowest BCUT2D eigenvalue weighted by Crippen LogP contribution is -2.18. The summed E-state index contributed by atoms with van der Waals surface area (Å²) < 4.78 is 0. The molecule has 0 aliphatic carbocycles. The van der Waals surface area contributed by atoms with Crippen LogP contribution in [0.2, 0.25) is 5.02 Å². The Kier molecular flexibility index (Phi) is 4.51. The summed E-state index contributed by atoms with van der Waals surface area (Å²) in [5.41, 5.74) is 2.69. The molecule has 0 spiro atoms. The average molecular weight is 272 g/mol. The van der Waals surface area contributed by atoms with Gasteiger partial charge in [-0.2, -0.15) is 5.26 Å². The highest BCUT2D eigenvalue weighted by Gasteiger charge is 2.06. The van der Waals surface area contributed by atoms with Crippen molar-refractivity contribution in [2.75, 3.05) is 0 Å². The van der Waals surface area contributed by atoms with Crippen LogP contribution in [0.15, 0.2) is 42.7 Å². The lowest BCUT2D eigenvalue weighted by molar-refractivity contribution is 0.573. The number of pyridine rings is 1. The number of hydrogen-bond donors (Lipinski definition) is 1. The first-order chi connectivity index (χ1) is 9.20. The van der Waals surface area contributed by atoms with E-state index in [1.807, 2.05) is 24.4 Å². The van der Waals surface area contributed by atoms with Gasteiger partial charge in [0.2, 0.25) is 0 Å². The smallest absolute Gasteiger partial charge is 0.0992 e. The molecule has 2 rings (SSSR count). The monoisotopic (exact) mass is 271 g/mol. The topological polar surface area (TPSA) is 48.7 Å². The van der Waals surface area contributed by atoms with Crippen molar-refractivity contribution >= 4 is 11.6 Å². The summed E-state index contributed by atoms with van der Waals surface area (Å²) in [5, 5.41) is 12.8. The van der Waals surface area contributed by atoms with Crippen LogP contribution < -0.4 is 5.32 Å². The van der Waals surface area contributed by atoms with Crippen molar-refractivity contribution in [1.29, 1.82) is 5.26 Å². The molecule has 4 heteroatoms. The van der Waals surface area contributed by atoms with Crippen LogP contribution in [-0.2, 0) is 6.54 Å². The van der Waals surface area contributed by atoms with E-state index in [1.54, 1.807) is 18.3 Å². The van der Waals surface area contributed by atoms with Crippen LogP contribution >= 0.6 is 11.6 Å². The first-order valence-electron chi connectivity index (χ1n) is 6.02. The van der Waals surface area contributed by atoms with Gasteiger partial charge >= 0.3 is 0 Å². The highest BCUT2D eigenvalue weighted by atomic mass is 35.5. The van der Waals surface area contributed by atoms with Gasteiger partial charge in [0.1, 0.15) is 0 Å². The summed E-state index contributed by atoms with van der Waals surface area (Å²) in [7, 11) is 0. The Morgan fingerprint density at radius 1 is 1.42 bits per heavy atom. The molecule has 0 saturated carbocycles. The van der Waals surface area contributed by atoms with Crippen molar-refractivity contribution in [3.63, 3.8) is 0 Å². The Hall–Kier alpha value is -1.89. The molecule has 0 bridgehead atoms. The van der Waals surface area contributed by atoms with Crippen LogP contribution in [-0.4, -0.2) is 4.98 Å². The fourth-order valence-electron chi connectivity index (χ4n) is 1.77. The van der Waals surface area contributed by atoms with Gasteiger partial charge in [-0.25, -0.2) is 0 Å². The summed E-state index contributed by atoms with van der Waals surface area (Å²) in [4.78, 5) is 4.10. The second-order valence-electron chi connectivity index (χ2n) is 4.31. The second kappa shape index (κ2) is 6.33. The Labute approximate surface area is 117 Å². The van der Waals surface area contributed by atoms with Gasteiger partial charge in [0.25, 0.3) is 0 Å². The van der Waals surface area contributed by atoms with Crippen LogP contribution in [0.25, 0.3) is 0 Å². The molecular weight excluding hydrogens is 258 g/mol. The number of halogens is 1. The van der Waals surface area contributed by atoms with Gasteiger partial charge in [0.15, 0.2) is 0 Å². The quantitative estimate of drug-likeness (QED) is 0.926. The van der Waals surface area contributed by atoms with Gasteiger partial charge in [-0.1, -0.05) is 23.7 Å². The molecule has 1 atom stereocenters. The summed E-state index contributed by atoms with van der Waals surface area (Å²) in [6.45, 7) is 2.73. The summed E-state index contributed by atoms with van der Waals surface area (Å²) in [6, 6.07) is 11.6. The first kappa shape index (κ1) is 13.5. The Morgan fingerprint density at radius 2 is 2.26 bits per heavy atom. The maximum absolute atomic E-state index is 8.79. The number of nitrogens with zero attached hydrogens (tertiary/aromatic N) is 2. The lowest BCUT2D eigenvalue weighted by atomic mass is 10.1. The van der Waals surface area contributed by atoms with Gasteiger partial charge < -0.3 is 5.32 Å². The van der Waals surface area contributed by atoms with Crippen molar-refractivity contribution in [2.45, 2.75) is 19.5 Å². The zero-order valence-corrected chi connectivity index (χ0v) is 11.4. The number of benzene rings is 1. The van der Waals surface area contributed by atoms with E-state index in [4.69, 9.17) is 16.9 Å². The Balaban J connectivity index is 2.01. The van der Waals surface area contributed by atoms with E-state index in [0.29, 0.717) is 17.1 Å². The number of hydrogen-bond acceptors (Lipinski definition) is 3. The Morgan fingerprint density at radius 3 is 2.89 bits per heavy atom. The highest BCUT2D eigenvalue weighted by molar-refractivity contribution is 6.31. The summed E-state index contributed by atoms with van der Waals surface area (Å²) in [6.07, 6.45) is 3.60. The standard InChI is InChI=1S/C15H14ClN3/c1-11(13-3-2-6-18-9-13)19-10-14-5-4-12(8-17)7-15(14)16/h2-7,9,11,19H,10H2,1H3. The molecule has 0 fully saturated rings. The van der Waals surface area contributed by atoms with Crippen LogP contribution in [0.4, 0.5) is 0 Å². The van der Waals surface area contributed by atoms with Crippen LogP contribution in [0.5, 0.6) is 0 Å². The molecule has 2 aromatic rings. The molecule has 1 unspecified atom stereocenters. The fourth-order valence-corrected chi connectivity index (χ4v) is 2.02. The van der Waals surface area contributed by atoms with Crippen molar-refractivity contribution in [1.82, 2.24) is 10.3 Å². The molecule has 1 aromatic carbocycles. The largest absolute Gasteiger partial charge is 0.306 e. The molecule has 0 radical (unpaired) electrons. The van der Waals surface area contributed by atoms with Gasteiger partial charge in [-0.05, 0) is 36.2 Å². The molecule has 0 aliphatic heterocycles. The van der Waals surface area contributed by atoms with E-state index in [-0.39, 0.29) is 6.04 Å². The minimum Gasteiger partial charge on any atom is -0.306 e.